The van der Waals surface area contributed by atoms with Crippen molar-refractivity contribution in [3.8, 4) is 0 Å². The Labute approximate surface area is 113 Å². The molecule has 0 spiro atoms. The molecule has 3 atom stereocenters. The minimum atomic E-state index is -0.853. The summed E-state index contributed by atoms with van der Waals surface area (Å²) in [4.78, 5) is 24.9. The Kier molecular flexibility index (Phi) is 5.95. The van der Waals surface area contributed by atoms with E-state index in [2.05, 4.69) is 17.9 Å². The molecule has 1 amide bonds. The Morgan fingerprint density at radius 1 is 1.44 bits per heavy atom. The summed E-state index contributed by atoms with van der Waals surface area (Å²) in [6.07, 6.45) is 2.12. The molecule has 1 rings (SSSR count). The third-order valence-corrected chi connectivity index (χ3v) is 3.97. The summed E-state index contributed by atoms with van der Waals surface area (Å²) in [6, 6.07) is 0. The first kappa shape index (κ1) is 15.3. The van der Waals surface area contributed by atoms with Crippen LogP contribution < -0.4 is 5.32 Å². The van der Waals surface area contributed by atoms with E-state index < -0.39 is 11.9 Å². The van der Waals surface area contributed by atoms with E-state index in [1.807, 2.05) is 18.9 Å². The molecule has 6 heteroatoms. The second-order valence-corrected chi connectivity index (χ2v) is 5.63. The number of nitrogens with one attached hydrogen (secondary N) is 1. The van der Waals surface area contributed by atoms with Crippen molar-refractivity contribution in [3.05, 3.63) is 0 Å². The number of nitrogens with zero attached hydrogens (tertiary/aromatic N) is 1. The first-order valence-corrected chi connectivity index (χ1v) is 6.84. The van der Waals surface area contributed by atoms with Gasteiger partial charge in [0.05, 0.1) is 11.8 Å². The Hall–Kier alpha value is -0.750. The van der Waals surface area contributed by atoms with E-state index in [0.717, 1.165) is 6.42 Å². The van der Waals surface area contributed by atoms with Gasteiger partial charge in [0.25, 0.3) is 0 Å². The van der Waals surface area contributed by atoms with Gasteiger partial charge in [0, 0.05) is 18.5 Å². The summed E-state index contributed by atoms with van der Waals surface area (Å²) in [5.41, 5.74) is 0. The number of likely N-dealkylation sites (N-methyl/N-ethyl adjacent to an activating group) is 1. The fourth-order valence-corrected chi connectivity index (χ4v) is 2.36. The van der Waals surface area contributed by atoms with Gasteiger partial charge in [-0.3, -0.25) is 14.5 Å². The lowest BCUT2D eigenvalue weighted by molar-refractivity contribution is -0.146. The highest BCUT2D eigenvalue weighted by atomic mass is 32.1. The van der Waals surface area contributed by atoms with Gasteiger partial charge < -0.3 is 10.4 Å². The number of hydrogen-bond acceptors (Lipinski definition) is 4. The van der Waals surface area contributed by atoms with Crippen molar-refractivity contribution in [3.63, 3.8) is 0 Å². The fourth-order valence-electron chi connectivity index (χ4n) is 2.24. The van der Waals surface area contributed by atoms with Gasteiger partial charge in [0.1, 0.15) is 0 Å². The van der Waals surface area contributed by atoms with E-state index in [1.54, 1.807) is 0 Å². The lowest BCUT2D eigenvalue weighted by Crippen LogP contribution is -2.40. The molecule has 1 fully saturated rings. The Balaban J connectivity index is 2.34. The maximum Gasteiger partial charge on any atom is 0.307 e. The fraction of sp³-hybridized carbons (Fsp3) is 0.833. The summed E-state index contributed by atoms with van der Waals surface area (Å²) in [7, 11) is 1.93. The molecular weight excluding hydrogens is 252 g/mol. The minimum absolute atomic E-state index is 0.125. The second kappa shape index (κ2) is 6.99. The number of carbonyl (C=O) groups excluding carboxylic acids is 1. The third-order valence-electron chi connectivity index (χ3n) is 3.57. The average Bonchev–Trinajstić information content (AvgIpc) is 2.77. The summed E-state index contributed by atoms with van der Waals surface area (Å²) >= 11 is 4.28. The minimum Gasteiger partial charge on any atom is -0.481 e. The Morgan fingerprint density at radius 2 is 2.06 bits per heavy atom. The highest BCUT2D eigenvalue weighted by Crippen LogP contribution is 2.31. The molecule has 0 aromatic carbocycles. The molecule has 0 heterocycles. The SMILES string of the molecule is CC(S)N(C)CCNC(=O)C1CCCC1C(=O)O. The van der Waals surface area contributed by atoms with Crippen molar-refractivity contribution < 1.29 is 14.7 Å². The van der Waals surface area contributed by atoms with Gasteiger partial charge in [0.15, 0.2) is 0 Å². The number of carboxylic acid groups (broad SMARTS) is 1. The monoisotopic (exact) mass is 274 g/mol. The molecule has 5 nitrogen and oxygen atoms in total. The largest absolute Gasteiger partial charge is 0.481 e. The third kappa shape index (κ3) is 4.17. The van der Waals surface area contributed by atoms with Crippen LogP contribution in [0.5, 0.6) is 0 Å². The van der Waals surface area contributed by atoms with Gasteiger partial charge in [-0.15, -0.1) is 0 Å². The topological polar surface area (TPSA) is 69.6 Å². The van der Waals surface area contributed by atoms with E-state index in [9.17, 15) is 9.59 Å². The zero-order valence-electron chi connectivity index (χ0n) is 10.9. The number of carbonyl (C=O) groups is 2. The van der Waals surface area contributed by atoms with Gasteiger partial charge >= 0.3 is 5.97 Å². The quantitative estimate of drug-likeness (QED) is 0.495. The van der Waals surface area contributed by atoms with Crippen LogP contribution in [0.2, 0.25) is 0 Å². The smallest absolute Gasteiger partial charge is 0.307 e. The van der Waals surface area contributed by atoms with Gasteiger partial charge in [-0.2, -0.15) is 12.6 Å². The number of aliphatic carboxylic acids is 1. The van der Waals surface area contributed by atoms with Gasteiger partial charge in [-0.25, -0.2) is 0 Å². The van der Waals surface area contributed by atoms with Crippen LogP contribution >= 0.6 is 12.6 Å². The molecule has 18 heavy (non-hydrogen) atoms. The molecule has 1 aliphatic rings. The lowest BCUT2D eigenvalue weighted by Gasteiger charge is -2.21. The van der Waals surface area contributed by atoms with Crippen LogP contribution in [0.3, 0.4) is 0 Å². The highest BCUT2D eigenvalue weighted by molar-refractivity contribution is 7.80. The number of hydrogen-bond donors (Lipinski definition) is 3. The number of carboxylic acids is 1. The molecule has 0 saturated heterocycles. The summed E-state index contributed by atoms with van der Waals surface area (Å²) in [6.45, 7) is 3.20. The maximum absolute atomic E-state index is 11.9. The van der Waals surface area contributed by atoms with Crippen LogP contribution in [0.15, 0.2) is 0 Å². The Morgan fingerprint density at radius 3 is 2.61 bits per heavy atom. The highest BCUT2D eigenvalue weighted by Gasteiger charge is 2.37. The number of rotatable bonds is 6. The van der Waals surface area contributed by atoms with Crippen LogP contribution in [-0.2, 0) is 9.59 Å². The van der Waals surface area contributed by atoms with Gasteiger partial charge in [-0.05, 0) is 26.8 Å². The summed E-state index contributed by atoms with van der Waals surface area (Å²) < 4.78 is 0. The van der Waals surface area contributed by atoms with Crippen molar-refractivity contribution in [1.82, 2.24) is 10.2 Å². The van der Waals surface area contributed by atoms with Crippen LogP contribution in [-0.4, -0.2) is 47.4 Å². The van der Waals surface area contributed by atoms with Crippen LogP contribution in [0.1, 0.15) is 26.2 Å². The van der Waals surface area contributed by atoms with Crippen molar-refractivity contribution in [2.24, 2.45) is 11.8 Å². The normalized spacial score (nSPS) is 25.1. The van der Waals surface area contributed by atoms with Crippen molar-refractivity contribution >= 4 is 24.5 Å². The molecule has 1 aliphatic carbocycles. The standard InChI is InChI=1S/C12H22N2O3S/c1-8(18)14(2)7-6-13-11(15)9-4-3-5-10(9)12(16)17/h8-10,18H,3-7H2,1-2H3,(H,13,15)(H,16,17). The lowest BCUT2D eigenvalue weighted by atomic mass is 9.95. The van der Waals surface area contributed by atoms with Crippen molar-refractivity contribution in [2.75, 3.05) is 20.1 Å². The first-order chi connectivity index (χ1) is 8.43. The number of thiol groups is 1. The second-order valence-electron chi connectivity index (χ2n) is 4.89. The van der Waals surface area contributed by atoms with Gasteiger partial charge in [0.2, 0.25) is 5.91 Å². The molecule has 0 aromatic heterocycles. The Bertz CT molecular complexity index is 310. The van der Waals surface area contributed by atoms with Crippen LogP contribution in [0.25, 0.3) is 0 Å². The molecular formula is C12H22N2O3S. The van der Waals surface area contributed by atoms with Crippen molar-refractivity contribution in [1.29, 1.82) is 0 Å². The van der Waals surface area contributed by atoms with E-state index in [0.29, 0.717) is 25.9 Å². The van der Waals surface area contributed by atoms with E-state index >= 15 is 0 Å². The van der Waals surface area contributed by atoms with E-state index in [4.69, 9.17) is 5.11 Å². The van der Waals surface area contributed by atoms with Gasteiger partial charge in [-0.1, -0.05) is 6.42 Å². The molecule has 2 N–H and O–H groups in total. The molecule has 0 radical (unpaired) electrons. The van der Waals surface area contributed by atoms with Crippen molar-refractivity contribution in [2.45, 2.75) is 31.6 Å². The zero-order chi connectivity index (χ0) is 13.7. The van der Waals surface area contributed by atoms with E-state index in [-0.39, 0.29) is 17.2 Å². The number of amides is 1. The summed E-state index contributed by atoms with van der Waals surface area (Å²) in [5.74, 6) is -1.85. The van der Waals surface area contributed by atoms with Crippen LogP contribution in [0.4, 0.5) is 0 Å². The maximum atomic E-state index is 11.9. The average molecular weight is 274 g/mol. The molecule has 0 aromatic rings. The molecule has 104 valence electrons. The first-order valence-electron chi connectivity index (χ1n) is 6.32. The van der Waals surface area contributed by atoms with Crippen LogP contribution in [0, 0.1) is 11.8 Å². The molecule has 0 bridgehead atoms. The predicted molar refractivity (Wildman–Crippen MR) is 72.6 cm³/mol. The molecule has 0 aliphatic heterocycles. The summed E-state index contributed by atoms with van der Waals surface area (Å²) in [5, 5.41) is 12.0. The molecule has 3 unspecified atom stereocenters. The molecule has 1 saturated carbocycles. The zero-order valence-corrected chi connectivity index (χ0v) is 11.8. The van der Waals surface area contributed by atoms with E-state index in [1.165, 1.54) is 0 Å². The predicted octanol–water partition coefficient (Wildman–Crippen LogP) is 0.811.